The van der Waals surface area contributed by atoms with Gasteiger partial charge in [-0.1, -0.05) is 84.5 Å². The van der Waals surface area contributed by atoms with Crippen LogP contribution in [0.5, 0.6) is 0 Å². The summed E-state index contributed by atoms with van der Waals surface area (Å²) in [6.45, 7) is 7.50. The van der Waals surface area contributed by atoms with Gasteiger partial charge in [0.1, 0.15) is 19.3 Å². The van der Waals surface area contributed by atoms with Crippen molar-refractivity contribution in [1.29, 1.82) is 0 Å². The summed E-state index contributed by atoms with van der Waals surface area (Å²) in [5.41, 5.74) is 0. The summed E-state index contributed by atoms with van der Waals surface area (Å²) in [5.74, 6) is -2.30. The molecule has 336 valence electrons. The molecule has 57 heavy (non-hydrogen) atoms. The topological polar surface area (TPSA) is 237 Å². The van der Waals surface area contributed by atoms with E-state index in [1.165, 1.54) is 0 Å². The number of aliphatic hydroxyl groups is 1. The summed E-state index contributed by atoms with van der Waals surface area (Å²) in [5, 5.41) is 10.2. The molecule has 0 heterocycles. The zero-order valence-corrected chi connectivity index (χ0v) is 36.0. The zero-order chi connectivity index (χ0) is 42.8. The second-order valence-electron chi connectivity index (χ2n) is 13.7. The van der Waals surface area contributed by atoms with Gasteiger partial charge in [0.25, 0.3) is 0 Å². The summed E-state index contributed by atoms with van der Waals surface area (Å²) in [6, 6.07) is 0. The van der Waals surface area contributed by atoms with Gasteiger partial charge in [-0.2, -0.15) is 12.8 Å². The maximum absolute atomic E-state index is 12.6. The minimum absolute atomic E-state index is 0.0772. The Kier molecular flexibility index (Phi) is 33.7. The van der Waals surface area contributed by atoms with Gasteiger partial charge >= 0.3 is 39.5 Å². The lowest BCUT2D eigenvalue weighted by Crippen LogP contribution is -2.30. The van der Waals surface area contributed by atoms with Crippen molar-refractivity contribution in [2.75, 3.05) is 39.6 Å². The highest BCUT2D eigenvalue weighted by Gasteiger charge is 2.30. The fourth-order valence-electron chi connectivity index (χ4n) is 4.89. The van der Waals surface area contributed by atoms with Crippen LogP contribution in [0.1, 0.15) is 149 Å². The molecule has 0 spiro atoms. The highest BCUT2D eigenvalue weighted by atomic mass is 31.2. The molecule has 0 rings (SSSR count). The molecule has 0 aromatic heterocycles. The Labute approximate surface area is 339 Å². The van der Waals surface area contributed by atoms with Gasteiger partial charge < -0.3 is 47.7 Å². The Morgan fingerprint density at radius 3 is 1.23 bits per heavy atom. The first kappa shape index (κ1) is 55.1. The van der Waals surface area contributed by atoms with Crippen LogP contribution in [-0.2, 0) is 65.4 Å². The molecule has 0 aromatic carbocycles. The van der Waals surface area contributed by atoms with E-state index in [2.05, 4.69) is 20.8 Å². The van der Waals surface area contributed by atoms with Gasteiger partial charge in [0, 0.05) is 25.7 Å². The summed E-state index contributed by atoms with van der Waals surface area (Å²) in [7, 11) is -9.80. The third kappa shape index (κ3) is 34.6. The van der Waals surface area contributed by atoms with E-state index in [0.717, 1.165) is 70.6 Å². The maximum Gasteiger partial charge on any atom is 0.472 e. The lowest BCUT2D eigenvalue weighted by atomic mass is 10.1. The summed E-state index contributed by atoms with van der Waals surface area (Å²) >= 11 is 0. The van der Waals surface area contributed by atoms with Crippen LogP contribution in [0.3, 0.4) is 0 Å². The van der Waals surface area contributed by atoms with E-state index in [1.54, 1.807) is 0 Å². The number of rotatable bonds is 39. The van der Waals surface area contributed by atoms with Crippen LogP contribution in [0.25, 0.3) is 0 Å². The SMILES string of the molecule is [CH2-]CCCCCCCC(=O)O[C@H](COC(=O)CCCC[CH2-])COP(=O)(O)OC[C@@H](O)COP(=O)(O)OC[C@@H](COC(=O)CCCCCCC)OC(=O)CCCCC. The van der Waals surface area contributed by atoms with Crippen molar-refractivity contribution in [3.05, 3.63) is 13.8 Å². The first-order chi connectivity index (χ1) is 27.2. The predicted octanol–water partition coefficient (Wildman–Crippen LogP) is 7.42. The number of aliphatic hydroxyl groups excluding tert-OH is 1. The quantitative estimate of drug-likeness (QED) is 0.0179. The first-order valence-electron chi connectivity index (χ1n) is 20.4. The number of hydrogen-bond acceptors (Lipinski definition) is 15. The van der Waals surface area contributed by atoms with Gasteiger partial charge in [0.05, 0.1) is 26.4 Å². The number of ether oxygens (including phenoxy) is 4. The summed E-state index contributed by atoms with van der Waals surface area (Å²) in [6.07, 6.45) is 10.1. The predicted molar refractivity (Wildman–Crippen MR) is 210 cm³/mol. The van der Waals surface area contributed by atoms with Crippen LogP contribution in [0.2, 0.25) is 0 Å². The minimum Gasteiger partial charge on any atom is -0.462 e. The summed E-state index contributed by atoms with van der Waals surface area (Å²) in [4.78, 5) is 69.5. The van der Waals surface area contributed by atoms with Gasteiger partial charge in [-0.05, 0) is 25.7 Å². The Balaban J connectivity index is 5.04. The van der Waals surface area contributed by atoms with Crippen LogP contribution in [-0.4, -0.2) is 96.7 Å². The van der Waals surface area contributed by atoms with Gasteiger partial charge in [-0.15, -0.1) is 0 Å². The summed E-state index contributed by atoms with van der Waals surface area (Å²) < 4.78 is 65.6. The lowest BCUT2D eigenvalue weighted by molar-refractivity contribution is -0.161. The molecular formula is C38H70O17P2-2. The van der Waals surface area contributed by atoms with Crippen molar-refractivity contribution in [3.8, 4) is 0 Å². The van der Waals surface area contributed by atoms with E-state index < -0.39 is 97.5 Å². The molecule has 3 N–H and O–H groups in total. The number of phosphoric acid groups is 2. The Bertz CT molecular complexity index is 1170. The van der Waals surface area contributed by atoms with E-state index in [-0.39, 0.29) is 25.7 Å². The molecule has 0 amide bonds. The molecule has 17 nitrogen and oxygen atoms in total. The maximum atomic E-state index is 12.6. The second kappa shape index (κ2) is 34.9. The number of carbonyl (C=O) groups is 4. The molecule has 0 aliphatic rings. The average molecular weight is 861 g/mol. The van der Waals surface area contributed by atoms with Crippen molar-refractivity contribution in [3.63, 3.8) is 0 Å². The zero-order valence-electron chi connectivity index (χ0n) is 34.2. The third-order valence-corrected chi connectivity index (χ3v) is 10.0. The Morgan fingerprint density at radius 2 is 0.789 bits per heavy atom. The van der Waals surface area contributed by atoms with Crippen molar-refractivity contribution in [1.82, 2.24) is 0 Å². The van der Waals surface area contributed by atoms with E-state index in [9.17, 15) is 43.2 Å². The fourth-order valence-corrected chi connectivity index (χ4v) is 6.47. The standard InChI is InChI=1S/C38H70O17P2/c1-5-9-13-15-17-21-25-38(43)55-34(28-48-35(40)22-18-11-7-3)31-53-57(46,47)51-27-32(39)26-50-56(44,45)52-30-33(54-37(42)24-19-12-8-4)29-49-36(41)23-20-16-14-10-6-2/h32-34,39H,1,3,5-31H2,2,4H3,(H,44,45)(H,46,47)/q-2/t32-,33+,34+/m0/s1. The van der Waals surface area contributed by atoms with Gasteiger partial charge in [-0.3, -0.25) is 37.3 Å². The minimum atomic E-state index is -4.90. The smallest absolute Gasteiger partial charge is 0.462 e. The molecule has 19 heteroatoms. The van der Waals surface area contributed by atoms with Crippen molar-refractivity contribution < 1.29 is 80.2 Å². The van der Waals surface area contributed by atoms with Crippen molar-refractivity contribution >= 4 is 39.5 Å². The molecule has 0 saturated carbocycles. The number of carbonyl (C=O) groups excluding carboxylic acids is 4. The van der Waals surface area contributed by atoms with Crippen LogP contribution in [0, 0.1) is 13.8 Å². The van der Waals surface area contributed by atoms with Gasteiger partial charge in [-0.25, -0.2) is 9.13 Å². The highest BCUT2D eigenvalue weighted by Crippen LogP contribution is 2.45. The fraction of sp³-hybridized carbons (Fsp3) is 0.842. The van der Waals surface area contributed by atoms with Crippen molar-refractivity contribution in [2.24, 2.45) is 0 Å². The highest BCUT2D eigenvalue weighted by molar-refractivity contribution is 7.47. The largest absolute Gasteiger partial charge is 0.472 e. The second-order valence-corrected chi connectivity index (χ2v) is 16.6. The molecule has 0 bridgehead atoms. The average Bonchev–Trinajstić information content (AvgIpc) is 3.17. The molecule has 0 aliphatic heterocycles. The van der Waals surface area contributed by atoms with Crippen LogP contribution in [0.4, 0.5) is 0 Å². The van der Waals surface area contributed by atoms with E-state index in [0.29, 0.717) is 38.5 Å². The van der Waals surface area contributed by atoms with Crippen molar-refractivity contribution in [2.45, 2.75) is 167 Å². The number of phosphoric ester groups is 2. The molecule has 0 saturated heterocycles. The molecule has 0 radical (unpaired) electrons. The molecule has 0 aliphatic carbocycles. The monoisotopic (exact) mass is 860 g/mol. The van der Waals surface area contributed by atoms with E-state index in [1.807, 2.05) is 6.92 Å². The molecule has 2 unspecified atom stereocenters. The van der Waals surface area contributed by atoms with Crippen LogP contribution in [0.15, 0.2) is 0 Å². The number of esters is 4. The Morgan fingerprint density at radius 1 is 0.474 bits per heavy atom. The number of hydrogen-bond donors (Lipinski definition) is 3. The van der Waals surface area contributed by atoms with Gasteiger partial charge in [0.2, 0.25) is 0 Å². The van der Waals surface area contributed by atoms with Gasteiger partial charge in [0.15, 0.2) is 12.2 Å². The van der Waals surface area contributed by atoms with E-state index >= 15 is 0 Å². The van der Waals surface area contributed by atoms with Crippen LogP contribution < -0.4 is 0 Å². The lowest BCUT2D eigenvalue weighted by Gasteiger charge is -2.21. The molecule has 0 fully saturated rings. The third-order valence-electron chi connectivity index (χ3n) is 8.14. The molecule has 0 aromatic rings. The van der Waals surface area contributed by atoms with E-state index in [4.69, 9.17) is 37.0 Å². The normalized spacial score (nSPS) is 15.1. The Hall–Kier alpha value is -1.94. The number of unbranched alkanes of at least 4 members (excludes halogenated alkanes) is 13. The first-order valence-corrected chi connectivity index (χ1v) is 23.4. The molecule has 5 atom stereocenters. The van der Waals surface area contributed by atoms with Crippen LogP contribution >= 0.6 is 15.6 Å². The molecular weight excluding hydrogens is 790 g/mol.